The van der Waals surface area contributed by atoms with E-state index in [2.05, 4.69) is 197 Å². The van der Waals surface area contributed by atoms with Crippen LogP contribution in [-0.2, 0) is 0 Å². The highest BCUT2D eigenvalue weighted by Gasteiger charge is 2.13. The zero-order chi connectivity index (χ0) is 39.1. The van der Waals surface area contributed by atoms with Gasteiger partial charge < -0.3 is 21.3 Å². The van der Waals surface area contributed by atoms with Crippen molar-refractivity contribution in [3.8, 4) is 67.0 Å². The second-order valence-electron chi connectivity index (χ2n) is 14.2. The second kappa shape index (κ2) is 16.7. The van der Waals surface area contributed by atoms with Crippen molar-refractivity contribution < 1.29 is 0 Å². The molecule has 0 saturated carbocycles. The summed E-state index contributed by atoms with van der Waals surface area (Å²) in [7, 11) is 7.86. The van der Waals surface area contributed by atoms with E-state index < -0.39 is 0 Å². The molecule has 0 saturated heterocycles. The van der Waals surface area contributed by atoms with Gasteiger partial charge in [-0.3, -0.25) is 0 Å². The van der Waals surface area contributed by atoms with Gasteiger partial charge in [0.25, 0.3) is 0 Å². The molecular weight excluding hydrogens is 695 g/mol. The molecule has 6 aromatic carbocycles. The van der Waals surface area contributed by atoms with Gasteiger partial charge in [-0.05, 0) is 122 Å². The summed E-state index contributed by atoms with van der Waals surface area (Å²) in [5, 5.41) is 13.2. The van der Waals surface area contributed by atoms with E-state index in [0.717, 1.165) is 79.4 Å². The van der Waals surface area contributed by atoms with Crippen molar-refractivity contribution in [1.82, 2.24) is 10.3 Å². The van der Waals surface area contributed by atoms with Crippen LogP contribution in [0.1, 0.15) is 12.0 Å². The quantitative estimate of drug-likeness (QED) is 0.106. The molecule has 5 nitrogen and oxygen atoms in total. The number of hydrogen-bond acceptors (Lipinski definition) is 5. The minimum absolute atomic E-state index is 0.892. The molecule has 0 spiro atoms. The Balaban J connectivity index is 1.12. The van der Waals surface area contributed by atoms with Gasteiger partial charge in [0.1, 0.15) is 0 Å². The molecule has 1 aliphatic carbocycles. The van der Waals surface area contributed by atoms with Gasteiger partial charge in [-0.25, -0.2) is 4.98 Å². The number of hydrogen-bond donors (Lipinski definition) is 4. The molecule has 1 aliphatic rings. The first-order valence-electron chi connectivity index (χ1n) is 19.5. The van der Waals surface area contributed by atoms with Gasteiger partial charge in [-0.2, -0.15) is 0 Å². The van der Waals surface area contributed by atoms with Crippen molar-refractivity contribution in [3.63, 3.8) is 0 Å². The third-order valence-electron chi connectivity index (χ3n) is 10.7. The molecule has 1 heterocycles. The highest BCUT2D eigenvalue weighted by Crippen LogP contribution is 2.36. The maximum atomic E-state index is 5.27. The third-order valence-corrected chi connectivity index (χ3v) is 10.7. The van der Waals surface area contributed by atoms with Gasteiger partial charge in [-0.15, -0.1) is 0 Å². The number of pyridine rings is 1. The van der Waals surface area contributed by atoms with Crippen LogP contribution in [0.3, 0.4) is 0 Å². The minimum atomic E-state index is 0.892. The van der Waals surface area contributed by atoms with Crippen LogP contribution >= 0.6 is 0 Å². The van der Waals surface area contributed by atoms with E-state index >= 15 is 0 Å². The van der Waals surface area contributed by atoms with Crippen LogP contribution in [0, 0.1) is 0 Å². The Morgan fingerprint density at radius 3 is 1.32 bits per heavy atom. The fraction of sp³-hybridized carbons (Fsp3) is 0.0962. The first kappa shape index (κ1) is 36.8. The van der Waals surface area contributed by atoms with Gasteiger partial charge >= 0.3 is 0 Å². The first-order chi connectivity index (χ1) is 28.0. The van der Waals surface area contributed by atoms with Crippen LogP contribution in [0.4, 0.5) is 17.1 Å². The lowest BCUT2D eigenvalue weighted by Crippen LogP contribution is -2.03. The second-order valence-corrected chi connectivity index (χ2v) is 14.2. The predicted molar refractivity (Wildman–Crippen MR) is 244 cm³/mol. The summed E-state index contributed by atoms with van der Waals surface area (Å²) in [5.74, 6) is 0. The van der Waals surface area contributed by atoms with Crippen molar-refractivity contribution in [2.75, 3.05) is 44.1 Å². The van der Waals surface area contributed by atoms with E-state index in [1.54, 1.807) is 0 Å². The lowest BCUT2D eigenvalue weighted by atomic mass is 9.95. The Bertz CT molecular complexity index is 2600. The van der Waals surface area contributed by atoms with Crippen molar-refractivity contribution >= 4 is 22.6 Å². The van der Waals surface area contributed by atoms with E-state index in [9.17, 15) is 0 Å². The van der Waals surface area contributed by atoms with Crippen LogP contribution in [-0.4, -0.2) is 33.2 Å². The molecule has 0 atom stereocenters. The number of nitrogens with zero attached hydrogens (tertiary/aromatic N) is 1. The predicted octanol–water partition coefficient (Wildman–Crippen LogP) is 12.7. The standard InChI is InChI=1S/C52H47N5/c1-53-47-12-8-11-36(21-24-47)42-27-43(30-49(29-42)55-3)37-13-17-40(18-14-37)51-33-46(35-9-6-5-7-10-35)34-52(57-51)41-19-15-38(16-20-41)44-28-45(32-50(31-44)56-4)39-22-25-48(54-2)26-23-39/h5-11,13-34,53-56H,12H2,1-4H3. The van der Waals surface area contributed by atoms with Crippen molar-refractivity contribution in [2.24, 2.45) is 0 Å². The van der Waals surface area contributed by atoms with E-state index in [-0.39, 0.29) is 0 Å². The Labute approximate surface area is 336 Å². The first-order valence-corrected chi connectivity index (χ1v) is 19.5. The number of aromatic nitrogens is 1. The van der Waals surface area contributed by atoms with Crippen molar-refractivity contribution in [3.05, 3.63) is 187 Å². The van der Waals surface area contributed by atoms with E-state index in [4.69, 9.17) is 4.98 Å². The minimum Gasteiger partial charge on any atom is -0.391 e. The smallest absolute Gasteiger partial charge is 0.0715 e. The van der Waals surface area contributed by atoms with Gasteiger partial charge in [0.05, 0.1) is 11.4 Å². The SMILES string of the molecule is CNC1=CC=C(c2cc(NC)cc(-c3ccc(-c4cc(-c5ccccc5)cc(-c5ccc(-c6cc(NC)cc(-c7ccc(NC)cc7)c6)cc5)n4)cc3)c2)C=CC1. The zero-order valence-corrected chi connectivity index (χ0v) is 32.9. The molecule has 1 aromatic heterocycles. The van der Waals surface area contributed by atoms with Gasteiger partial charge in [0.2, 0.25) is 0 Å². The fourth-order valence-corrected chi connectivity index (χ4v) is 7.34. The average Bonchev–Trinajstić information content (AvgIpc) is 3.55. The lowest BCUT2D eigenvalue weighted by Gasteiger charge is -2.13. The molecule has 0 amide bonds. The summed E-state index contributed by atoms with van der Waals surface area (Å²) in [5.41, 5.74) is 20.0. The fourth-order valence-electron chi connectivity index (χ4n) is 7.34. The molecule has 57 heavy (non-hydrogen) atoms. The topological polar surface area (TPSA) is 61.0 Å². The highest BCUT2D eigenvalue weighted by molar-refractivity contribution is 5.84. The monoisotopic (exact) mass is 741 g/mol. The largest absolute Gasteiger partial charge is 0.391 e. The summed E-state index contributed by atoms with van der Waals surface area (Å²) in [6, 6.07) is 54.4. The number of anilines is 3. The van der Waals surface area contributed by atoms with Crippen LogP contribution in [0.2, 0.25) is 0 Å². The van der Waals surface area contributed by atoms with Crippen LogP contribution in [0.5, 0.6) is 0 Å². The molecule has 5 heteroatoms. The summed E-state index contributed by atoms with van der Waals surface area (Å²) >= 11 is 0. The van der Waals surface area contributed by atoms with E-state index in [1.807, 2.05) is 28.2 Å². The Hall–Kier alpha value is -7.11. The van der Waals surface area contributed by atoms with Crippen LogP contribution in [0.15, 0.2) is 182 Å². The van der Waals surface area contributed by atoms with Crippen molar-refractivity contribution in [2.45, 2.75) is 6.42 Å². The van der Waals surface area contributed by atoms with Crippen molar-refractivity contribution in [1.29, 1.82) is 0 Å². The maximum Gasteiger partial charge on any atom is 0.0715 e. The molecule has 280 valence electrons. The number of allylic oxidation sites excluding steroid dienone is 5. The Kier molecular flexibility index (Phi) is 10.8. The van der Waals surface area contributed by atoms with Gasteiger partial charge in [0, 0.05) is 68.5 Å². The highest BCUT2D eigenvalue weighted by atomic mass is 14.8. The van der Waals surface area contributed by atoms with Crippen LogP contribution < -0.4 is 21.3 Å². The molecule has 4 N–H and O–H groups in total. The molecule has 7 aromatic rings. The van der Waals surface area contributed by atoms with Crippen LogP contribution in [0.25, 0.3) is 72.6 Å². The summed E-state index contributed by atoms with van der Waals surface area (Å²) in [6.45, 7) is 0. The van der Waals surface area contributed by atoms with Gasteiger partial charge in [0.15, 0.2) is 0 Å². The molecule has 0 unspecified atom stereocenters. The summed E-state index contributed by atoms with van der Waals surface area (Å²) in [4.78, 5) is 5.27. The number of rotatable bonds is 11. The maximum absolute atomic E-state index is 5.27. The normalized spacial score (nSPS) is 12.3. The molecule has 8 rings (SSSR count). The summed E-state index contributed by atoms with van der Waals surface area (Å²) in [6.07, 6.45) is 9.67. The lowest BCUT2D eigenvalue weighted by molar-refractivity contribution is 0.941. The van der Waals surface area contributed by atoms with E-state index in [0.29, 0.717) is 0 Å². The average molecular weight is 742 g/mol. The molecular formula is C52H47N5. The van der Waals surface area contributed by atoms with E-state index in [1.165, 1.54) is 28.0 Å². The zero-order valence-electron chi connectivity index (χ0n) is 32.9. The molecule has 0 radical (unpaired) electrons. The molecule has 0 aliphatic heterocycles. The number of benzene rings is 6. The Morgan fingerprint density at radius 2 is 0.807 bits per heavy atom. The van der Waals surface area contributed by atoms with Gasteiger partial charge in [-0.1, -0.05) is 109 Å². The Morgan fingerprint density at radius 1 is 0.368 bits per heavy atom. The number of nitrogens with one attached hydrogen (secondary N) is 4. The molecule has 0 bridgehead atoms. The summed E-state index contributed by atoms with van der Waals surface area (Å²) < 4.78 is 0. The third kappa shape index (κ3) is 8.29. The molecule has 0 fully saturated rings.